The van der Waals surface area contributed by atoms with Crippen LogP contribution in [0.2, 0.25) is 0 Å². The van der Waals surface area contributed by atoms with Gasteiger partial charge >= 0.3 is 0 Å². The van der Waals surface area contributed by atoms with Crippen LogP contribution in [0.4, 0.5) is 0 Å². The van der Waals surface area contributed by atoms with Crippen LogP contribution in [0, 0.1) is 10.7 Å². The van der Waals surface area contributed by atoms with E-state index in [-0.39, 0.29) is 0 Å². The third-order valence-corrected chi connectivity index (χ3v) is 4.53. The second-order valence-corrected chi connectivity index (χ2v) is 6.13. The number of ether oxygens (including phenoxy) is 1. The van der Waals surface area contributed by atoms with Gasteiger partial charge in [0.25, 0.3) is 0 Å². The molecule has 1 aliphatic heterocycles. The molecule has 0 radical (unpaired) electrons. The van der Waals surface area contributed by atoms with Crippen LogP contribution in [0.1, 0.15) is 19.4 Å². The van der Waals surface area contributed by atoms with Gasteiger partial charge in [0.2, 0.25) is 0 Å². The summed E-state index contributed by atoms with van der Waals surface area (Å²) in [6.07, 6.45) is 1.11. The van der Waals surface area contributed by atoms with Crippen LogP contribution in [-0.4, -0.2) is 22.8 Å². The number of halogens is 1. The predicted octanol–water partition coefficient (Wildman–Crippen LogP) is 4.06. The first-order valence-corrected chi connectivity index (χ1v) is 7.34. The highest BCUT2D eigenvalue weighted by atomic mass is 79.9. The van der Waals surface area contributed by atoms with Gasteiger partial charge in [-0.1, -0.05) is 15.9 Å². The van der Waals surface area contributed by atoms with Crippen molar-refractivity contribution >= 4 is 39.2 Å². The van der Waals surface area contributed by atoms with E-state index in [1.165, 1.54) is 0 Å². The normalized spacial score (nSPS) is 21.6. The molecule has 1 N–H and O–H groups in total. The third kappa shape index (κ3) is 2.04. The Bertz CT molecular complexity index is 627. The molecule has 1 fully saturated rings. The summed E-state index contributed by atoms with van der Waals surface area (Å²) in [5, 5.41) is 0. The van der Waals surface area contributed by atoms with Gasteiger partial charge < -0.3 is 14.3 Å². The molecule has 1 aromatic heterocycles. The molecule has 5 heteroatoms. The number of fused-ring (bicyclic) bond motifs is 1. The molecule has 0 spiro atoms. The third-order valence-electron chi connectivity index (χ3n) is 3.73. The molecule has 2 aromatic rings. The predicted molar refractivity (Wildman–Crippen MR) is 78.5 cm³/mol. The van der Waals surface area contributed by atoms with E-state index in [1.807, 2.05) is 6.07 Å². The highest BCUT2D eigenvalue weighted by Crippen LogP contribution is 2.30. The monoisotopic (exact) mass is 326 g/mol. The number of benzene rings is 1. The van der Waals surface area contributed by atoms with Gasteiger partial charge in [0.15, 0.2) is 4.77 Å². The Labute approximate surface area is 119 Å². The van der Waals surface area contributed by atoms with Crippen LogP contribution in [0.25, 0.3) is 11.0 Å². The molecule has 1 aliphatic rings. The van der Waals surface area contributed by atoms with E-state index >= 15 is 0 Å². The highest BCUT2D eigenvalue weighted by Gasteiger charge is 2.25. The lowest BCUT2D eigenvalue weighted by atomic mass is 10.0. The first-order valence-electron chi connectivity index (χ1n) is 6.14. The molecular formula is C13H15BrN2OS. The number of hydrogen-bond acceptors (Lipinski definition) is 2. The molecule has 1 aromatic carbocycles. The van der Waals surface area contributed by atoms with E-state index in [1.54, 1.807) is 0 Å². The van der Waals surface area contributed by atoms with Gasteiger partial charge in [0.1, 0.15) is 0 Å². The first kappa shape index (κ1) is 12.4. The zero-order valence-electron chi connectivity index (χ0n) is 10.1. The maximum Gasteiger partial charge on any atom is 0.178 e. The van der Waals surface area contributed by atoms with Crippen molar-refractivity contribution in [2.45, 2.75) is 19.4 Å². The number of nitrogens with one attached hydrogen (secondary N) is 1. The Morgan fingerprint density at radius 1 is 1.56 bits per heavy atom. The van der Waals surface area contributed by atoms with Crippen LogP contribution in [0.3, 0.4) is 0 Å². The first-order chi connectivity index (χ1) is 8.66. The fourth-order valence-electron chi connectivity index (χ4n) is 2.64. The molecule has 3 nitrogen and oxygen atoms in total. The second kappa shape index (κ2) is 4.79. The molecule has 0 amide bonds. The number of imidazole rings is 1. The maximum atomic E-state index is 5.49. The summed E-state index contributed by atoms with van der Waals surface area (Å²) in [5.41, 5.74) is 2.25. The Morgan fingerprint density at radius 3 is 3.11 bits per heavy atom. The van der Waals surface area contributed by atoms with Crippen molar-refractivity contribution in [2.24, 2.45) is 5.92 Å². The molecule has 2 unspecified atom stereocenters. The number of H-pyrrole nitrogens is 1. The summed E-state index contributed by atoms with van der Waals surface area (Å²) < 4.78 is 9.57. The van der Waals surface area contributed by atoms with Crippen LogP contribution in [0.15, 0.2) is 22.7 Å². The number of nitrogens with zero attached hydrogens (tertiary/aromatic N) is 1. The quantitative estimate of drug-likeness (QED) is 0.843. The number of rotatable bonds is 2. The van der Waals surface area contributed by atoms with Crippen LogP contribution in [-0.2, 0) is 4.74 Å². The van der Waals surface area contributed by atoms with E-state index in [2.05, 4.69) is 44.5 Å². The smallest absolute Gasteiger partial charge is 0.178 e. The number of aromatic amines is 1. The van der Waals surface area contributed by atoms with Gasteiger partial charge in [-0.3, -0.25) is 0 Å². The van der Waals surface area contributed by atoms with Gasteiger partial charge in [-0.25, -0.2) is 0 Å². The summed E-state index contributed by atoms with van der Waals surface area (Å²) in [5.74, 6) is 0.551. The largest absolute Gasteiger partial charge is 0.381 e. The number of hydrogen-bond donors (Lipinski definition) is 1. The van der Waals surface area contributed by atoms with Crippen molar-refractivity contribution in [3.05, 3.63) is 27.4 Å². The summed E-state index contributed by atoms with van der Waals surface area (Å²) in [4.78, 5) is 3.27. The van der Waals surface area contributed by atoms with Gasteiger partial charge in [0.05, 0.1) is 17.6 Å². The average molecular weight is 327 g/mol. The minimum absolute atomic E-state index is 0.364. The van der Waals surface area contributed by atoms with Crippen LogP contribution < -0.4 is 0 Å². The lowest BCUT2D eigenvalue weighted by Gasteiger charge is -2.20. The minimum Gasteiger partial charge on any atom is -0.381 e. The molecular weight excluding hydrogens is 312 g/mol. The molecule has 96 valence electrons. The fourth-order valence-corrected chi connectivity index (χ4v) is 3.37. The van der Waals surface area contributed by atoms with Crippen LogP contribution in [0.5, 0.6) is 0 Å². The zero-order chi connectivity index (χ0) is 12.7. The Morgan fingerprint density at radius 2 is 2.39 bits per heavy atom. The van der Waals surface area contributed by atoms with Gasteiger partial charge in [0, 0.05) is 23.0 Å². The summed E-state index contributed by atoms with van der Waals surface area (Å²) in [6, 6.07) is 6.57. The Kier molecular flexibility index (Phi) is 3.30. The Balaban J connectivity index is 2.12. The number of aromatic nitrogens is 2. The molecule has 1 saturated heterocycles. The zero-order valence-corrected chi connectivity index (χ0v) is 12.6. The summed E-state index contributed by atoms with van der Waals surface area (Å²) in [6.45, 7) is 3.93. The Hall–Kier alpha value is -0.650. The van der Waals surface area contributed by atoms with Crippen LogP contribution >= 0.6 is 28.1 Å². The van der Waals surface area contributed by atoms with E-state index in [0.717, 1.165) is 39.9 Å². The van der Waals surface area contributed by atoms with E-state index in [0.29, 0.717) is 12.0 Å². The van der Waals surface area contributed by atoms with E-state index < -0.39 is 0 Å². The van der Waals surface area contributed by atoms with Crippen molar-refractivity contribution in [2.75, 3.05) is 13.2 Å². The second-order valence-electron chi connectivity index (χ2n) is 4.83. The summed E-state index contributed by atoms with van der Waals surface area (Å²) >= 11 is 8.98. The topological polar surface area (TPSA) is 29.9 Å². The van der Waals surface area contributed by atoms with Crippen molar-refractivity contribution in [3.8, 4) is 0 Å². The van der Waals surface area contributed by atoms with Crippen molar-refractivity contribution < 1.29 is 4.74 Å². The van der Waals surface area contributed by atoms with Crippen molar-refractivity contribution in [1.82, 2.24) is 9.55 Å². The SMILES string of the molecule is CC(C1CCOC1)n1c(=S)[nH]c2ccc(Br)cc21. The van der Waals surface area contributed by atoms with E-state index in [9.17, 15) is 0 Å². The highest BCUT2D eigenvalue weighted by molar-refractivity contribution is 9.10. The molecule has 2 atom stereocenters. The lowest BCUT2D eigenvalue weighted by Crippen LogP contribution is -2.16. The summed E-state index contributed by atoms with van der Waals surface area (Å²) in [7, 11) is 0. The maximum absolute atomic E-state index is 5.49. The van der Waals surface area contributed by atoms with Crippen molar-refractivity contribution in [3.63, 3.8) is 0 Å². The van der Waals surface area contributed by atoms with E-state index in [4.69, 9.17) is 17.0 Å². The molecule has 3 rings (SSSR count). The molecule has 18 heavy (non-hydrogen) atoms. The van der Waals surface area contributed by atoms with Gasteiger partial charge in [-0.15, -0.1) is 0 Å². The average Bonchev–Trinajstić information content (AvgIpc) is 2.94. The molecule has 2 heterocycles. The van der Waals surface area contributed by atoms with Gasteiger partial charge in [-0.05, 0) is 43.8 Å². The van der Waals surface area contributed by atoms with Crippen molar-refractivity contribution in [1.29, 1.82) is 0 Å². The minimum atomic E-state index is 0.364. The standard InChI is InChI=1S/C13H15BrN2OS/c1-8(9-4-5-17-7-9)16-12-6-10(14)2-3-11(12)15-13(16)18/h2-3,6,8-9H,4-5,7H2,1H3,(H,15,18). The lowest BCUT2D eigenvalue weighted by molar-refractivity contribution is 0.175. The molecule has 0 aliphatic carbocycles. The molecule has 0 saturated carbocycles. The van der Waals surface area contributed by atoms with Gasteiger partial charge in [-0.2, -0.15) is 0 Å². The fraction of sp³-hybridized carbons (Fsp3) is 0.462. The molecule has 0 bridgehead atoms.